The molecule has 2 aromatic rings. The molecule has 0 fully saturated rings. The van der Waals surface area contributed by atoms with Crippen LogP contribution in [0.5, 0.6) is 5.75 Å². The molecule has 2 rings (SSSR count). The van der Waals surface area contributed by atoms with Gasteiger partial charge in [-0.3, -0.25) is 0 Å². The van der Waals surface area contributed by atoms with Crippen LogP contribution in [0.15, 0.2) is 47.4 Å². The van der Waals surface area contributed by atoms with Gasteiger partial charge in [0.05, 0.1) is 12.1 Å². The van der Waals surface area contributed by atoms with Crippen molar-refractivity contribution in [1.82, 2.24) is 5.32 Å². The highest BCUT2D eigenvalue weighted by atomic mass is 35.5. The van der Waals surface area contributed by atoms with Crippen molar-refractivity contribution in [3.05, 3.63) is 58.1 Å². The molecule has 0 saturated carbocycles. The maximum atomic E-state index is 6.15. The molecule has 1 N–H and O–H groups in total. The number of halogens is 2. The van der Waals surface area contributed by atoms with E-state index < -0.39 is 0 Å². The van der Waals surface area contributed by atoms with Crippen LogP contribution in [-0.2, 0) is 0 Å². The second kappa shape index (κ2) is 8.68. The summed E-state index contributed by atoms with van der Waals surface area (Å²) >= 11 is 13.8. The van der Waals surface area contributed by atoms with Crippen LogP contribution >= 0.6 is 35.0 Å². The Balaban J connectivity index is 1.81. The lowest BCUT2D eigenvalue weighted by Gasteiger charge is -2.15. The van der Waals surface area contributed by atoms with Crippen LogP contribution in [0.3, 0.4) is 0 Å². The molecule has 0 heterocycles. The Bertz CT molecular complexity index is 621. The Morgan fingerprint density at radius 2 is 2.00 bits per heavy atom. The fourth-order valence-corrected chi connectivity index (χ4v) is 3.43. The Labute approximate surface area is 146 Å². The summed E-state index contributed by atoms with van der Waals surface area (Å²) < 4.78 is 5.25. The van der Waals surface area contributed by atoms with E-state index in [0.29, 0.717) is 5.02 Å². The van der Waals surface area contributed by atoms with Crippen molar-refractivity contribution in [3.8, 4) is 5.75 Å². The maximum Gasteiger partial charge on any atom is 0.119 e. The summed E-state index contributed by atoms with van der Waals surface area (Å²) in [4.78, 5) is 1.02. The number of ether oxygens (including phenoxy) is 1. The van der Waals surface area contributed by atoms with Gasteiger partial charge in [-0.2, -0.15) is 0 Å². The lowest BCUT2D eigenvalue weighted by Crippen LogP contribution is -2.21. The number of hydrogen-bond donors (Lipinski definition) is 1. The van der Waals surface area contributed by atoms with Gasteiger partial charge < -0.3 is 10.1 Å². The van der Waals surface area contributed by atoms with Crippen molar-refractivity contribution in [1.29, 1.82) is 0 Å². The van der Waals surface area contributed by atoms with Crippen molar-refractivity contribution in [2.24, 2.45) is 0 Å². The molecule has 0 unspecified atom stereocenters. The van der Waals surface area contributed by atoms with E-state index in [1.807, 2.05) is 24.3 Å². The lowest BCUT2D eigenvalue weighted by molar-refractivity contribution is 0.413. The molecule has 0 spiro atoms. The first-order valence-electron chi connectivity index (χ1n) is 7.05. The molecule has 0 aliphatic heterocycles. The van der Waals surface area contributed by atoms with Gasteiger partial charge in [-0.25, -0.2) is 0 Å². The molecule has 1 atom stereocenters. The van der Waals surface area contributed by atoms with E-state index in [9.17, 15) is 0 Å². The van der Waals surface area contributed by atoms with Crippen LogP contribution in [0.1, 0.15) is 18.5 Å². The van der Waals surface area contributed by atoms with E-state index >= 15 is 0 Å². The van der Waals surface area contributed by atoms with Crippen molar-refractivity contribution in [3.63, 3.8) is 0 Å². The first-order valence-corrected chi connectivity index (χ1v) is 8.79. The molecule has 5 heteroatoms. The Kier molecular flexibility index (Phi) is 6.90. The SMILES string of the molecule is COc1cccc([C@@H](C)NCCSc2cc(Cl)ccc2Cl)c1. The topological polar surface area (TPSA) is 21.3 Å². The fourth-order valence-electron chi connectivity index (χ4n) is 2.05. The molecule has 0 bridgehead atoms. The van der Waals surface area contributed by atoms with Gasteiger partial charge in [-0.05, 0) is 42.8 Å². The van der Waals surface area contributed by atoms with E-state index in [-0.39, 0.29) is 6.04 Å². The van der Waals surface area contributed by atoms with Gasteiger partial charge in [0.15, 0.2) is 0 Å². The smallest absolute Gasteiger partial charge is 0.119 e. The molecule has 0 amide bonds. The van der Waals surface area contributed by atoms with Crippen molar-refractivity contribution in [2.45, 2.75) is 17.9 Å². The monoisotopic (exact) mass is 355 g/mol. The summed E-state index contributed by atoms with van der Waals surface area (Å²) in [5.41, 5.74) is 1.21. The summed E-state index contributed by atoms with van der Waals surface area (Å²) in [5.74, 6) is 1.81. The number of rotatable bonds is 7. The predicted molar refractivity (Wildman–Crippen MR) is 96.6 cm³/mol. The Morgan fingerprint density at radius 3 is 2.77 bits per heavy atom. The summed E-state index contributed by atoms with van der Waals surface area (Å²) in [6.07, 6.45) is 0. The van der Waals surface area contributed by atoms with Gasteiger partial charge in [0.1, 0.15) is 5.75 Å². The number of nitrogens with one attached hydrogen (secondary N) is 1. The summed E-state index contributed by atoms with van der Waals surface area (Å²) in [5, 5.41) is 4.96. The fraction of sp³-hybridized carbons (Fsp3) is 0.294. The minimum Gasteiger partial charge on any atom is -0.497 e. The summed E-state index contributed by atoms with van der Waals surface area (Å²) in [6, 6.07) is 13.9. The highest BCUT2D eigenvalue weighted by Gasteiger charge is 2.06. The minimum atomic E-state index is 0.269. The van der Waals surface area contributed by atoms with Crippen LogP contribution < -0.4 is 10.1 Å². The Morgan fingerprint density at radius 1 is 1.18 bits per heavy atom. The highest BCUT2D eigenvalue weighted by molar-refractivity contribution is 7.99. The molecule has 22 heavy (non-hydrogen) atoms. The van der Waals surface area contributed by atoms with E-state index in [0.717, 1.165) is 28.0 Å². The third-order valence-electron chi connectivity index (χ3n) is 3.30. The summed E-state index contributed by atoms with van der Waals surface area (Å²) in [6.45, 7) is 3.03. The predicted octanol–water partition coefficient (Wildman–Crippen LogP) is 5.44. The summed E-state index contributed by atoms with van der Waals surface area (Å²) in [7, 11) is 1.68. The number of methoxy groups -OCH3 is 1. The molecule has 2 aromatic carbocycles. The standard InChI is InChI=1S/C17H19Cl2NOS/c1-12(13-4-3-5-15(10-13)21-2)20-8-9-22-17-11-14(18)6-7-16(17)19/h3-7,10-12,20H,8-9H2,1-2H3/t12-/m1/s1. The third kappa shape index (κ3) is 5.10. The van der Waals surface area contributed by atoms with Crippen LogP contribution in [0, 0.1) is 0 Å². The minimum absolute atomic E-state index is 0.269. The molecular formula is C17H19Cl2NOS. The van der Waals surface area contributed by atoms with Crippen LogP contribution in [0.25, 0.3) is 0 Å². The molecule has 0 aliphatic rings. The van der Waals surface area contributed by atoms with Gasteiger partial charge in [0, 0.05) is 28.3 Å². The molecule has 0 radical (unpaired) electrons. The van der Waals surface area contributed by atoms with E-state index in [1.54, 1.807) is 24.9 Å². The molecular weight excluding hydrogens is 337 g/mol. The second-order valence-electron chi connectivity index (χ2n) is 4.88. The largest absolute Gasteiger partial charge is 0.497 e. The first kappa shape index (κ1) is 17.5. The van der Waals surface area contributed by atoms with Gasteiger partial charge in [0.2, 0.25) is 0 Å². The molecule has 0 aromatic heterocycles. The van der Waals surface area contributed by atoms with Gasteiger partial charge >= 0.3 is 0 Å². The van der Waals surface area contributed by atoms with E-state index in [4.69, 9.17) is 27.9 Å². The number of benzene rings is 2. The second-order valence-corrected chi connectivity index (χ2v) is 6.86. The lowest BCUT2D eigenvalue weighted by atomic mass is 10.1. The van der Waals surface area contributed by atoms with Crippen LogP contribution in [0.4, 0.5) is 0 Å². The normalized spacial score (nSPS) is 12.2. The van der Waals surface area contributed by atoms with Gasteiger partial charge in [-0.15, -0.1) is 11.8 Å². The number of hydrogen-bond acceptors (Lipinski definition) is 3. The van der Waals surface area contributed by atoms with Crippen LogP contribution in [-0.4, -0.2) is 19.4 Å². The van der Waals surface area contributed by atoms with Crippen molar-refractivity contribution in [2.75, 3.05) is 19.4 Å². The Hall–Kier alpha value is -0.870. The average Bonchev–Trinajstić information content (AvgIpc) is 2.54. The van der Waals surface area contributed by atoms with Gasteiger partial charge in [0.25, 0.3) is 0 Å². The highest BCUT2D eigenvalue weighted by Crippen LogP contribution is 2.29. The van der Waals surface area contributed by atoms with Crippen LogP contribution in [0.2, 0.25) is 10.0 Å². The third-order valence-corrected chi connectivity index (χ3v) is 5.03. The molecule has 0 saturated heterocycles. The number of thioether (sulfide) groups is 1. The van der Waals surface area contributed by atoms with Gasteiger partial charge in [-0.1, -0.05) is 35.3 Å². The zero-order valence-electron chi connectivity index (χ0n) is 12.6. The molecule has 118 valence electrons. The zero-order valence-corrected chi connectivity index (χ0v) is 14.9. The molecule has 0 aliphatic carbocycles. The first-order chi connectivity index (χ1) is 10.6. The maximum absolute atomic E-state index is 6.15. The molecule has 2 nitrogen and oxygen atoms in total. The van der Waals surface area contributed by atoms with Crippen molar-refractivity contribution >= 4 is 35.0 Å². The quantitative estimate of drug-likeness (QED) is 0.527. The zero-order chi connectivity index (χ0) is 15.9. The average molecular weight is 356 g/mol. The van der Waals surface area contributed by atoms with E-state index in [2.05, 4.69) is 24.4 Å². The van der Waals surface area contributed by atoms with E-state index in [1.165, 1.54) is 5.56 Å². The van der Waals surface area contributed by atoms with Crippen molar-refractivity contribution < 1.29 is 4.74 Å².